The molecule has 0 unspecified atom stereocenters. The number of rotatable bonds is 6. The van der Waals surface area contributed by atoms with Crippen LogP contribution in [0.2, 0.25) is 0 Å². The van der Waals surface area contributed by atoms with Gasteiger partial charge in [-0.2, -0.15) is 0 Å². The van der Waals surface area contributed by atoms with E-state index in [-0.39, 0.29) is 5.91 Å². The number of nitrogens with two attached hydrogens (primary N) is 1. The van der Waals surface area contributed by atoms with Crippen LogP contribution in [0.3, 0.4) is 0 Å². The zero-order valence-corrected chi connectivity index (χ0v) is 16.2. The van der Waals surface area contributed by atoms with E-state index in [2.05, 4.69) is 33.5 Å². The zero-order chi connectivity index (χ0) is 17.9. The lowest BCUT2D eigenvalue weighted by atomic mass is 9.89. The first-order chi connectivity index (χ1) is 12.7. The van der Waals surface area contributed by atoms with Crippen molar-refractivity contribution in [2.24, 2.45) is 5.73 Å². The third-order valence-corrected chi connectivity index (χ3v) is 6.76. The van der Waals surface area contributed by atoms with Gasteiger partial charge in [-0.25, -0.2) is 9.97 Å². The van der Waals surface area contributed by atoms with Crippen LogP contribution in [0.15, 0.2) is 34.9 Å². The van der Waals surface area contributed by atoms with Gasteiger partial charge in [0.25, 0.3) is 0 Å². The lowest BCUT2D eigenvalue weighted by Gasteiger charge is -2.16. The first-order valence-corrected chi connectivity index (χ1v) is 10.8. The number of carbonyl (C=O) groups is 1. The summed E-state index contributed by atoms with van der Waals surface area (Å²) in [6.45, 7) is 0. The molecular formula is C20H21N3OS2. The molecule has 4 rings (SSSR count). The number of nitrogens with zero attached hydrogens (tertiary/aromatic N) is 2. The Kier molecular flexibility index (Phi) is 5.22. The third-order valence-electron chi connectivity index (χ3n) is 4.80. The topological polar surface area (TPSA) is 68.9 Å². The van der Waals surface area contributed by atoms with Crippen LogP contribution < -0.4 is 5.73 Å². The average Bonchev–Trinajstić information content (AvgIpc) is 3.09. The molecule has 0 saturated heterocycles. The van der Waals surface area contributed by atoms with E-state index in [1.807, 2.05) is 0 Å². The normalized spacial score (nSPS) is 13.7. The molecular weight excluding hydrogens is 362 g/mol. The van der Waals surface area contributed by atoms with Crippen LogP contribution in [0.4, 0.5) is 0 Å². The fourth-order valence-electron chi connectivity index (χ4n) is 3.49. The van der Waals surface area contributed by atoms with Gasteiger partial charge in [0.2, 0.25) is 5.91 Å². The Morgan fingerprint density at radius 1 is 1.19 bits per heavy atom. The van der Waals surface area contributed by atoms with Crippen molar-refractivity contribution >= 4 is 39.2 Å². The van der Waals surface area contributed by atoms with Gasteiger partial charge in [0, 0.05) is 23.1 Å². The Balaban J connectivity index is 1.66. The van der Waals surface area contributed by atoms with Crippen LogP contribution in [-0.4, -0.2) is 21.6 Å². The number of thiophene rings is 1. The van der Waals surface area contributed by atoms with Gasteiger partial charge in [-0.05, 0) is 48.8 Å². The van der Waals surface area contributed by atoms with E-state index in [4.69, 9.17) is 5.73 Å². The number of benzene rings is 1. The number of hydrogen-bond donors (Lipinski definition) is 1. The van der Waals surface area contributed by atoms with Crippen molar-refractivity contribution in [3.05, 3.63) is 41.0 Å². The van der Waals surface area contributed by atoms with E-state index < -0.39 is 0 Å². The van der Waals surface area contributed by atoms with E-state index in [0.717, 1.165) is 27.4 Å². The molecule has 2 N–H and O–H groups in total. The molecule has 0 saturated carbocycles. The number of aromatic nitrogens is 2. The molecule has 4 nitrogen and oxygen atoms in total. The number of hydrogen-bond acceptors (Lipinski definition) is 5. The summed E-state index contributed by atoms with van der Waals surface area (Å²) >= 11 is 3.35. The molecule has 1 amide bonds. The monoisotopic (exact) mass is 383 g/mol. The van der Waals surface area contributed by atoms with Crippen molar-refractivity contribution in [3.8, 4) is 11.1 Å². The molecule has 0 fully saturated rings. The summed E-state index contributed by atoms with van der Waals surface area (Å²) < 4.78 is 0. The molecule has 0 bridgehead atoms. The lowest BCUT2D eigenvalue weighted by Crippen LogP contribution is -2.10. The largest absolute Gasteiger partial charge is 0.370 e. The van der Waals surface area contributed by atoms with Crippen molar-refractivity contribution < 1.29 is 4.79 Å². The molecule has 1 aliphatic carbocycles. The predicted octanol–water partition coefficient (Wildman–Crippen LogP) is 4.59. The van der Waals surface area contributed by atoms with Gasteiger partial charge in [0.15, 0.2) is 0 Å². The summed E-state index contributed by atoms with van der Waals surface area (Å²) in [5.41, 5.74) is 10.7. The second-order valence-electron chi connectivity index (χ2n) is 6.62. The predicted molar refractivity (Wildman–Crippen MR) is 109 cm³/mol. The molecule has 2 aromatic heterocycles. The minimum Gasteiger partial charge on any atom is -0.370 e. The Labute approximate surface area is 161 Å². The van der Waals surface area contributed by atoms with Crippen molar-refractivity contribution in [1.29, 1.82) is 0 Å². The van der Waals surface area contributed by atoms with Gasteiger partial charge in [-0.15, -0.1) is 23.1 Å². The van der Waals surface area contributed by atoms with Crippen LogP contribution in [0, 0.1) is 0 Å². The van der Waals surface area contributed by atoms with Crippen LogP contribution in [0.25, 0.3) is 21.3 Å². The van der Waals surface area contributed by atoms with Crippen LogP contribution in [-0.2, 0) is 17.6 Å². The molecule has 0 atom stereocenters. The van der Waals surface area contributed by atoms with Gasteiger partial charge in [0.05, 0.1) is 5.39 Å². The van der Waals surface area contributed by atoms with Crippen molar-refractivity contribution in [2.45, 2.75) is 43.6 Å². The number of fused-ring (bicyclic) bond motifs is 2. The van der Waals surface area contributed by atoms with E-state index in [1.165, 1.54) is 47.9 Å². The van der Waals surface area contributed by atoms with Gasteiger partial charge < -0.3 is 5.73 Å². The van der Waals surface area contributed by atoms with Crippen molar-refractivity contribution in [1.82, 2.24) is 9.97 Å². The molecule has 3 aromatic rings. The van der Waals surface area contributed by atoms with Gasteiger partial charge in [0.1, 0.15) is 16.2 Å². The maximum atomic E-state index is 10.9. The number of primary amides is 1. The van der Waals surface area contributed by atoms with E-state index in [0.29, 0.717) is 6.42 Å². The van der Waals surface area contributed by atoms with E-state index >= 15 is 0 Å². The highest BCUT2D eigenvalue weighted by atomic mass is 32.2. The summed E-state index contributed by atoms with van der Waals surface area (Å²) in [7, 11) is 0. The number of aryl methyl sites for hydroxylation is 2. The SMILES string of the molecule is NC(=O)CCCSc1ncnc2scc(-c3ccc4c(c3)CCCC4)c12. The summed E-state index contributed by atoms with van der Waals surface area (Å²) in [6, 6.07) is 6.88. The quantitative estimate of drug-likeness (QED) is 0.384. The Bertz CT molecular complexity index is 951. The number of thioether (sulfide) groups is 1. The summed E-state index contributed by atoms with van der Waals surface area (Å²) in [4.78, 5) is 20.9. The Morgan fingerprint density at radius 3 is 2.88 bits per heavy atom. The van der Waals surface area contributed by atoms with Crippen LogP contribution >= 0.6 is 23.1 Å². The maximum absolute atomic E-state index is 10.9. The fourth-order valence-corrected chi connectivity index (χ4v) is 5.42. The highest BCUT2D eigenvalue weighted by Gasteiger charge is 2.16. The lowest BCUT2D eigenvalue weighted by molar-refractivity contribution is -0.118. The highest BCUT2D eigenvalue weighted by Crippen LogP contribution is 2.39. The summed E-state index contributed by atoms with van der Waals surface area (Å²) in [5.74, 6) is 0.581. The molecule has 2 heterocycles. The van der Waals surface area contributed by atoms with Crippen LogP contribution in [0.1, 0.15) is 36.8 Å². The second-order valence-corrected chi connectivity index (χ2v) is 8.56. The van der Waals surface area contributed by atoms with Crippen molar-refractivity contribution in [3.63, 3.8) is 0 Å². The molecule has 0 radical (unpaired) electrons. The molecule has 1 aromatic carbocycles. The first-order valence-electron chi connectivity index (χ1n) is 8.98. The molecule has 0 spiro atoms. The van der Waals surface area contributed by atoms with Gasteiger partial charge in [-0.3, -0.25) is 4.79 Å². The number of amides is 1. The average molecular weight is 384 g/mol. The fraction of sp³-hybridized carbons (Fsp3) is 0.350. The summed E-state index contributed by atoms with van der Waals surface area (Å²) in [6.07, 6.45) is 7.78. The van der Waals surface area contributed by atoms with Crippen molar-refractivity contribution in [2.75, 3.05) is 5.75 Å². The molecule has 26 heavy (non-hydrogen) atoms. The molecule has 0 aliphatic heterocycles. The summed E-state index contributed by atoms with van der Waals surface area (Å²) in [5, 5.41) is 4.32. The maximum Gasteiger partial charge on any atom is 0.217 e. The van der Waals surface area contributed by atoms with E-state index in [1.54, 1.807) is 29.4 Å². The molecule has 1 aliphatic rings. The highest BCUT2D eigenvalue weighted by molar-refractivity contribution is 7.99. The smallest absolute Gasteiger partial charge is 0.217 e. The minimum absolute atomic E-state index is 0.247. The zero-order valence-electron chi connectivity index (χ0n) is 14.5. The van der Waals surface area contributed by atoms with Gasteiger partial charge >= 0.3 is 0 Å². The van der Waals surface area contributed by atoms with E-state index in [9.17, 15) is 4.79 Å². The third kappa shape index (κ3) is 3.62. The number of carbonyl (C=O) groups excluding carboxylic acids is 1. The van der Waals surface area contributed by atoms with Crippen LogP contribution in [0.5, 0.6) is 0 Å². The molecule has 134 valence electrons. The Hall–Kier alpha value is -1.92. The second kappa shape index (κ2) is 7.76. The molecule has 6 heteroatoms. The standard InChI is InChI=1S/C20H21N3OS2/c21-17(24)6-3-9-25-19-18-16(11-26-20(18)23-12-22-19)15-8-7-13-4-1-2-5-14(13)10-15/h7-8,10-12H,1-6,9H2,(H2,21,24). The Morgan fingerprint density at radius 2 is 2.04 bits per heavy atom. The first kappa shape index (κ1) is 17.5. The van der Waals surface area contributed by atoms with Gasteiger partial charge in [-0.1, -0.05) is 18.2 Å². The minimum atomic E-state index is -0.247.